The van der Waals surface area contributed by atoms with Crippen molar-refractivity contribution in [1.29, 1.82) is 5.26 Å². The number of nitrogens with zero attached hydrogens (tertiary/aromatic N) is 2. The van der Waals surface area contributed by atoms with Crippen molar-refractivity contribution in [3.8, 4) is 6.07 Å². The summed E-state index contributed by atoms with van der Waals surface area (Å²) in [7, 11) is 0. The Bertz CT molecular complexity index is 772. The van der Waals surface area contributed by atoms with Crippen molar-refractivity contribution < 1.29 is 4.73 Å². The van der Waals surface area contributed by atoms with Crippen LogP contribution in [0.25, 0.3) is 21.7 Å². The summed E-state index contributed by atoms with van der Waals surface area (Å²) in [5, 5.41) is 23.7. The lowest BCUT2D eigenvalue weighted by atomic mass is 10.1. The molecular formula is C14H8N2O. The molecule has 3 heteroatoms. The van der Waals surface area contributed by atoms with Crippen LogP contribution in [-0.4, -0.2) is 0 Å². The van der Waals surface area contributed by atoms with Gasteiger partial charge >= 0.3 is 0 Å². The molecular weight excluding hydrogens is 212 g/mol. The fraction of sp³-hybridized carbons (Fsp3) is 0. The summed E-state index contributed by atoms with van der Waals surface area (Å²) in [5.74, 6) is 0. The van der Waals surface area contributed by atoms with Crippen molar-refractivity contribution in [3.05, 3.63) is 59.4 Å². The standard InChI is InChI=1S/C14H8N2O/c15-9-11-6-7-13-12-4-2-1-3-10(12)5-8-14(13)16(11)17/h1-8H. The van der Waals surface area contributed by atoms with Crippen LogP contribution in [0, 0.1) is 16.5 Å². The van der Waals surface area contributed by atoms with Gasteiger partial charge < -0.3 is 5.21 Å². The highest BCUT2D eigenvalue weighted by molar-refractivity contribution is 6.05. The molecule has 0 saturated heterocycles. The zero-order valence-electron chi connectivity index (χ0n) is 8.92. The molecule has 0 aliphatic heterocycles. The molecule has 2 aromatic carbocycles. The predicted molar refractivity (Wildman–Crippen MR) is 65.1 cm³/mol. The van der Waals surface area contributed by atoms with E-state index < -0.39 is 0 Å². The van der Waals surface area contributed by atoms with E-state index in [1.165, 1.54) is 0 Å². The zero-order valence-corrected chi connectivity index (χ0v) is 8.92. The van der Waals surface area contributed by atoms with Crippen LogP contribution in [-0.2, 0) is 0 Å². The lowest BCUT2D eigenvalue weighted by Gasteiger charge is -2.05. The van der Waals surface area contributed by atoms with E-state index in [4.69, 9.17) is 5.26 Å². The molecule has 1 aromatic heterocycles. The molecule has 0 atom stereocenters. The Morgan fingerprint density at radius 1 is 0.941 bits per heavy atom. The molecule has 3 rings (SSSR count). The van der Waals surface area contributed by atoms with Gasteiger partial charge in [-0.3, -0.25) is 0 Å². The topological polar surface area (TPSA) is 50.7 Å². The Labute approximate surface area is 97.7 Å². The van der Waals surface area contributed by atoms with Gasteiger partial charge in [0, 0.05) is 12.1 Å². The van der Waals surface area contributed by atoms with E-state index in [0.717, 1.165) is 16.2 Å². The molecule has 1 heterocycles. The minimum atomic E-state index is 0.118. The van der Waals surface area contributed by atoms with Crippen LogP contribution in [0.2, 0.25) is 0 Å². The smallest absolute Gasteiger partial charge is 0.295 e. The highest BCUT2D eigenvalue weighted by Crippen LogP contribution is 2.23. The number of hydrogen-bond donors (Lipinski definition) is 0. The van der Waals surface area contributed by atoms with E-state index in [2.05, 4.69) is 0 Å². The molecule has 0 aliphatic rings. The van der Waals surface area contributed by atoms with Crippen molar-refractivity contribution in [1.82, 2.24) is 0 Å². The average molecular weight is 220 g/mol. The van der Waals surface area contributed by atoms with E-state index in [1.807, 2.05) is 42.5 Å². The van der Waals surface area contributed by atoms with Gasteiger partial charge in [-0.25, -0.2) is 0 Å². The molecule has 0 spiro atoms. The number of rotatable bonds is 0. The largest absolute Gasteiger partial charge is 0.617 e. The predicted octanol–water partition coefficient (Wildman–Crippen LogP) is 2.50. The zero-order chi connectivity index (χ0) is 11.8. The van der Waals surface area contributed by atoms with Crippen LogP contribution in [0.15, 0.2) is 48.5 Å². The van der Waals surface area contributed by atoms with Crippen LogP contribution in [0.3, 0.4) is 0 Å². The second-order valence-electron chi connectivity index (χ2n) is 3.84. The Hall–Kier alpha value is -2.60. The summed E-state index contributed by atoms with van der Waals surface area (Å²) in [5.41, 5.74) is 0.649. The Balaban J connectivity index is 2.54. The van der Waals surface area contributed by atoms with Crippen LogP contribution >= 0.6 is 0 Å². The van der Waals surface area contributed by atoms with Crippen LogP contribution < -0.4 is 4.73 Å². The van der Waals surface area contributed by atoms with E-state index in [0.29, 0.717) is 10.2 Å². The third-order valence-corrected chi connectivity index (χ3v) is 2.91. The molecule has 0 N–H and O–H groups in total. The maximum Gasteiger partial charge on any atom is 0.295 e. The Morgan fingerprint density at radius 3 is 2.59 bits per heavy atom. The highest BCUT2D eigenvalue weighted by atomic mass is 16.5. The van der Waals surface area contributed by atoms with E-state index in [-0.39, 0.29) is 5.69 Å². The monoisotopic (exact) mass is 220 g/mol. The lowest BCUT2D eigenvalue weighted by Crippen LogP contribution is -2.31. The first-order chi connectivity index (χ1) is 8.31. The van der Waals surface area contributed by atoms with Gasteiger partial charge in [0.25, 0.3) is 5.69 Å². The number of fused-ring (bicyclic) bond motifs is 3. The SMILES string of the molecule is N#Cc1ccc2c3ccccc3ccc2[n+]1[O-]. The van der Waals surface area contributed by atoms with Crippen molar-refractivity contribution in [3.63, 3.8) is 0 Å². The van der Waals surface area contributed by atoms with E-state index in [1.54, 1.807) is 12.1 Å². The number of aromatic nitrogens is 1. The summed E-state index contributed by atoms with van der Waals surface area (Å²) in [6.07, 6.45) is 0. The fourth-order valence-corrected chi connectivity index (χ4v) is 2.08. The minimum absolute atomic E-state index is 0.118. The number of nitriles is 1. The molecule has 17 heavy (non-hydrogen) atoms. The summed E-state index contributed by atoms with van der Waals surface area (Å²) < 4.78 is 0.682. The van der Waals surface area contributed by atoms with E-state index in [9.17, 15) is 5.21 Å². The Morgan fingerprint density at radius 2 is 1.76 bits per heavy atom. The van der Waals surface area contributed by atoms with Gasteiger partial charge in [-0.05, 0) is 22.9 Å². The van der Waals surface area contributed by atoms with Crippen LogP contribution in [0.4, 0.5) is 0 Å². The first-order valence-corrected chi connectivity index (χ1v) is 5.25. The minimum Gasteiger partial charge on any atom is -0.617 e. The summed E-state index contributed by atoms with van der Waals surface area (Å²) in [4.78, 5) is 0. The Kier molecular flexibility index (Phi) is 1.96. The van der Waals surface area contributed by atoms with Gasteiger partial charge in [-0.1, -0.05) is 24.3 Å². The molecule has 0 bridgehead atoms. The molecule has 3 nitrogen and oxygen atoms in total. The molecule has 0 amide bonds. The highest BCUT2D eigenvalue weighted by Gasteiger charge is 2.11. The van der Waals surface area contributed by atoms with Crippen molar-refractivity contribution in [2.45, 2.75) is 0 Å². The number of pyridine rings is 1. The first kappa shape index (κ1) is 9.61. The van der Waals surface area contributed by atoms with Crippen molar-refractivity contribution in [2.24, 2.45) is 0 Å². The third kappa shape index (κ3) is 1.31. The fourth-order valence-electron chi connectivity index (χ4n) is 2.08. The van der Waals surface area contributed by atoms with Gasteiger partial charge in [-0.2, -0.15) is 9.99 Å². The molecule has 0 unspecified atom stereocenters. The summed E-state index contributed by atoms with van der Waals surface area (Å²) in [6, 6.07) is 16.8. The molecule has 3 aromatic rings. The number of hydrogen-bond acceptors (Lipinski definition) is 2. The summed E-state index contributed by atoms with van der Waals surface area (Å²) in [6.45, 7) is 0. The average Bonchev–Trinajstić information content (AvgIpc) is 2.39. The van der Waals surface area contributed by atoms with Gasteiger partial charge in [0.2, 0.25) is 5.52 Å². The van der Waals surface area contributed by atoms with Crippen LogP contribution in [0.5, 0.6) is 0 Å². The molecule has 0 fully saturated rings. The van der Waals surface area contributed by atoms with Crippen molar-refractivity contribution >= 4 is 21.7 Å². The van der Waals surface area contributed by atoms with Crippen LogP contribution in [0.1, 0.15) is 5.69 Å². The second kappa shape index (κ2) is 3.46. The van der Waals surface area contributed by atoms with Gasteiger partial charge in [-0.15, -0.1) is 0 Å². The van der Waals surface area contributed by atoms with E-state index >= 15 is 0 Å². The molecule has 80 valence electrons. The van der Waals surface area contributed by atoms with Crippen molar-refractivity contribution in [2.75, 3.05) is 0 Å². The quantitative estimate of drug-likeness (QED) is 0.332. The first-order valence-electron chi connectivity index (χ1n) is 5.25. The lowest BCUT2D eigenvalue weighted by molar-refractivity contribution is -0.579. The number of benzene rings is 2. The molecule has 0 saturated carbocycles. The molecule has 0 aliphatic carbocycles. The summed E-state index contributed by atoms with van der Waals surface area (Å²) >= 11 is 0. The van der Waals surface area contributed by atoms with Gasteiger partial charge in [0.1, 0.15) is 0 Å². The molecule has 0 radical (unpaired) electrons. The maximum absolute atomic E-state index is 11.9. The second-order valence-corrected chi connectivity index (χ2v) is 3.84. The maximum atomic E-state index is 11.9. The third-order valence-electron chi connectivity index (χ3n) is 2.91. The van der Waals surface area contributed by atoms with Gasteiger partial charge in [0.05, 0.1) is 5.39 Å². The van der Waals surface area contributed by atoms with Gasteiger partial charge in [0.15, 0.2) is 6.07 Å². The normalized spacial score (nSPS) is 10.5.